The standard InChI is InChI=1S/C22H26FN5/c23-18-10-8-17(9-11-18)16-25-21-19-6-2-3-7-20(19)26-22(27-21)24-12-15-28-13-4-1-5-14-28/h2-3,6-11H,1,4-5,12-16H2,(H2,24,25,26,27). The Labute approximate surface area is 165 Å². The van der Waals surface area contributed by atoms with E-state index in [4.69, 9.17) is 4.98 Å². The van der Waals surface area contributed by atoms with Crippen LogP contribution in [0.25, 0.3) is 10.9 Å². The lowest BCUT2D eigenvalue weighted by molar-refractivity contribution is 0.237. The minimum Gasteiger partial charge on any atom is -0.365 e. The lowest BCUT2D eigenvalue weighted by Crippen LogP contribution is -2.33. The number of rotatable bonds is 7. The molecule has 2 N–H and O–H groups in total. The fourth-order valence-electron chi connectivity index (χ4n) is 3.59. The van der Waals surface area contributed by atoms with Crippen LogP contribution in [0.5, 0.6) is 0 Å². The van der Waals surface area contributed by atoms with Gasteiger partial charge in [0.1, 0.15) is 11.6 Å². The van der Waals surface area contributed by atoms with Gasteiger partial charge in [-0.15, -0.1) is 0 Å². The second-order valence-corrected chi connectivity index (χ2v) is 7.22. The van der Waals surface area contributed by atoms with Crippen molar-refractivity contribution in [1.82, 2.24) is 14.9 Å². The smallest absolute Gasteiger partial charge is 0.225 e. The zero-order valence-electron chi connectivity index (χ0n) is 16.0. The zero-order valence-corrected chi connectivity index (χ0v) is 16.0. The molecule has 0 bridgehead atoms. The van der Waals surface area contributed by atoms with Crippen molar-refractivity contribution in [3.8, 4) is 0 Å². The SMILES string of the molecule is Fc1ccc(CNc2nc(NCCN3CCCCC3)nc3ccccc23)cc1. The Hall–Kier alpha value is -2.73. The van der Waals surface area contributed by atoms with E-state index in [2.05, 4.69) is 20.5 Å². The van der Waals surface area contributed by atoms with Crippen molar-refractivity contribution >= 4 is 22.7 Å². The number of nitrogens with zero attached hydrogens (tertiary/aromatic N) is 3. The van der Waals surface area contributed by atoms with E-state index in [-0.39, 0.29) is 5.82 Å². The van der Waals surface area contributed by atoms with Gasteiger partial charge in [-0.3, -0.25) is 0 Å². The van der Waals surface area contributed by atoms with E-state index >= 15 is 0 Å². The van der Waals surface area contributed by atoms with E-state index in [0.29, 0.717) is 12.5 Å². The Morgan fingerprint density at radius 1 is 0.893 bits per heavy atom. The second kappa shape index (κ2) is 8.97. The van der Waals surface area contributed by atoms with E-state index in [1.165, 1.54) is 44.5 Å². The number of nitrogens with one attached hydrogen (secondary N) is 2. The molecule has 2 aromatic carbocycles. The summed E-state index contributed by atoms with van der Waals surface area (Å²) in [5.74, 6) is 1.20. The van der Waals surface area contributed by atoms with Crippen LogP contribution in [0, 0.1) is 5.82 Å². The van der Waals surface area contributed by atoms with Gasteiger partial charge in [-0.25, -0.2) is 9.37 Å². The first kappa shape index (κ1) is 18.6. The van der Waals surface area contributed by atoms with Crippen molar-refractivity contribution in [2.24, 2.45) is 0 Å². The summed E-state index contributed by atoms with van der Waals surface area (Å²) in [6.07, 6.45) is 3.94. The summed E-state index contributed by atoms with van der Waals surface area (Å²) >= 11 is 0. The normalized spacial score (nSPS) is 14.9. The maximum absolute atomic E-state index is 13.1. The number of aromatic nitrogens is 2. The molecule has 1 fully saturated rings. The van der Waals surface area contributed by atoms with Crippen LogP contribution in [0.4, 0.5) is 16.2 Å². The molecule has 0 aliphatic carbocycles. The summed E-state index contributed by atoms with van der Waals surface area (Å²) in [7, 11) is 0. The van der Waals surface area contributed by atoms with Gasteiger partial charge in [0.15, 0.2) is 0 Å². The van der Waals surface area contributed by atoms with Gasteiger partial charge >= 0.3 is 0 Å². The first-order valence-corrected chi connectivity index (χ1v) is 9.99. The van der Waals surface area contributed by atoms with Crippen molar-refractivity contribution in [2.45, 2.75) is 25.8 Å². The van der Waals surface area contributed by atoms with Gasteiger partial charge in [0.2, 0.25) is 5.95 Å². The molecule has 0 unspecified atom stereocenters. The summed E-state index contributed by atoms with van der Waals surface area (Å²) in [6, 6.07) is 14.5. The zero-order chi connectivity index (χ0) is 19.2. The van der Waals surface area contributed by atoms with Crippen LogP contribution in [0.3, 0.4) is 0 Å². The average molecular weight is 379 g/mol. The molecule has 2 heterocycles. The van der Waals surface area contributed by atoms with Gasteiger partial charge in [-0.05, 0) is 55.8 Å². The third-order valence-corrected chi connectivity index (χ3v) is 5.14. The molecule has 0 spiro atoms. The number of anilines is 2. The maximum atomic E-state index is 13.1. The fraction of sp³-hybridized carbons (Fsp3) is 0.364. The van der Waals surface area contributed by atoms with Crippen LogP contribution >= 0.6 is 0 Å². The van der Waals surface area contributed by atoms with Crippen LogP contribution in [0.1, 0.15) is 24.8 Å². The third kappa shape index (κ3) is 4.75. The highest BCUT2D eigenvalue weighted by molar-refractivity contribution is 5.90. The molecule has 3 aromatic rings. The monoisotopic (exact) mass is 379 g/mol. The van der Waals surface area contributed by atoms with Gasteiger partial charge in [0.25, 0.3) is 0 Å². The largest absolute Gasteiger partial charge is 0.365 e. The van der Waals surface area contributed by atoms with Gasteiger partial charge in [-0.1, -0.05) is 30.7 Å². The first-order chi connectivity index (χ1) is 13.8. The Morgan fingerprint density at radius 2 is 1.68 bits per heavy atom. The maximum Gasteiger partial charge on any atom is 0.225 e. The highest BCUT2D eigenvalue weighted by Gasteiger charge is 2.11. The topological polar surface area (TPSA) is 53.1 Å². The molecular formula is C22H26FN5. The number of para-hydroxylation sites is 1. The lowest BCUT2D eigenvalue weighted by Gasteiger charge is -2.26. The fourth-order valence-corrected chi connectivity index (χ4v) is 3.59. The van der Waals surface area contributed by atoms with E-state index in [0.717, 1.165) is 35.4 Å². The van der Waals surface area contributed by atoms with Crippen molar-refractivity contribution in [2.75, 3.05) is 36.8 Å². The third-order valence-electron chi connectivity index (χ3n) is 5.14. The van der Waals surface area contributed by atoms with Crippen LogP contribution in [-0.4, -0.2) is 41.0 Å². The quantitative estimate of drug-likeness (QED) is 0.642. The summed E-state index contributed by atoms with van der Waals surface area (Å²) in [6.45, 7) is 4.79. The molecule has 146 valence electrons. The van der Waals surface area contributed by atoms with Gasteiger partial charge in [0.05, 0.1) is 5.52 Å². The predicted octanol–water partition coefficient (Wildman–Crippen LogP) is 4.28. The van der Waals surface area contributed by atoms with Crippen molar-refractivity contribution in [1.29, 1.82) is 0 Å². The summed E-state index contributed by atoms with van der Waals surface area (Å²) in [5, 5.41) is 7.73. The lowest BCUT2D eigenvalue weighted by atomic mass is 10.1. The minimum absolute atomic E-state index is 0.226. The molecule has 28 heavy (non-hydrogen) atoms. The molecule has 1 saturated heterocycles. The Balaban J connectivity index is 1.45. The second-order valence-electron chi connectivity index (χ2n) is 7.22. The molecule has 1 aliphatic heterocycles. The van der Waals surface area contributed by atoms with E-state index < -0.39 is 0 Å². The molecule has 0 amide bonds. The molecule has 1 aromatic heterocycles. The first-order valence-electron chi connectivity index (χ1n) is 9.99. The molecule has 0 saturated carbocycles. The molecule has 5 nitrogen and oxygen atoms in total. The number of halogens is 1. The number of hydrogen-bond donors (Lipinski definition) is 2. The molecule has 4 rings (SSSR count). The van der Waals surface area contributed by atoms with Crippen LogP contribution in [-0.2, 0) is 6.54 Å². The van der Waals surface area contributed by atoms with Gasteiger partial charge in [-0.2, -0.15) is 4.98 Å². The summed E-state index contributed by atoms with van der Waals surface area (Å²) in [5.41, 5.74) is 1.91. The van der Waals surface area contributed by atoms with Crippen LogP contribution in [0.15, 0.2) is 48.5 Å². The van der Waals surface area contributed by atoms with Crippen LogP contribution in [0.2, 0.25) is 0 Å². The molecule has 6 heteroatoms. The number of benzene rings is 2. The molecule has 1 aliphatic rings. The Morgan fingerprint density at radius 3 is 2.50 bits per heavy atom. The van der Waals surface area contributed by atoms with Crippen molar-refractivity contribution in [3.63, 3.8) is 0 Å². The highest BCUT2D eigenvalue weighted by Crippen LogP contribution is 2.22. The van der Waals surface area contributed by atoms with Crippen molar-refractivity contribution in [3.05, 3.63) is 59.9 Å². The number of fused-ring (bicyclic) bond motifs is 1. The predicted molar refractivity (Wildman–Crippen MR) is 112 cm³/mol. The average Bonchev–Trinajstić information content (AvgIpc) is 2.74. The summed E-state index contributed by atoms with van der Waals surface area (Å²) in [4.78, 5) is 11.8. The van der Waals surface area contributed by atoms with E-state index in [1.807, 2.05) is 24.3 Å². The van der Waals surface area contributed by atoms with Crippen molar-refractivity contribution < 1.29 is 4.39 Å². The Kier molecular flexibility index (Phi) is 5.97. The number of piperidine rings is 1. The number of likely N-dealkylation sites (tertiary alicyclic amines) is 1. The minimum atomic E-state index is -0.226. The molecule has 0 radical (unpaired) electrons. The highest BCUT2D eigenvalue weighted by atomic mass is 19.1. The van der Waals surface area contributed by atoms with E-state index in [9.17, 15) is 4.39 Å². The van der Waals surface area contributed by atoms with Gasteiger partial charge in [0, 0.05) is 25.0 Å². The van der Waals surface area contributed by atoms with Gasteiger partial charge < -0.3 is 15.5 Å². The van der Waals surface area contributed by atoms with E-state index in [1.54, 1.807) is 12.1 Å². The molecule has 0 atom stereocenters. The molecular weight excluding hydrogens is 353 g/mol. The Bertz CT molecular complexity index is 906. The van der Waals surface area contributed by atoms with Crippen LogP contribution < -0.4 is 10.6 Å². The summed E-state index contributed by atoms with van der Waals surface area (Å²) < 4.78 is 13.1. The number of hydrogen-bond acceptors (Lipinski definition) is 5.